The second kappa shape index (κ2) is 6.33. The summed E-state index contributed by atoms with van der Waals surface area (Å²) in [6.45, 7) is 6.31. The quantitative estimate of drug-likeness (QED) is 0.830. The van der Waals surface area contributed by atoms with Gasteiger partial charge in [0.05, 0.1) is 4.47 Å². The fourth-order valence-electron chi connectivity index (χ4n) is 1.24. The molecule has 0 atom stereocenters. The third-order valence-corrected chi connectivity index (χ3v) is 2.64. The number of nitrogens with zero attached hydrogens (tertiary/aromatic N) is 2. The molecule has 1 aromatic rings. The Bertz CT molecular complexity index is 434. The van der Waals surface area contributed by atoms with Gasteiger partial charge in [0.25, 0.3) is 0 Å². The van der Waals surface area contributed by atoms with Gasteiger partial charge in [-0.15, -0.1) is 0 Å². The number of amides is 1. The highest BCUT2D eigenvalue weighted by Gasteiger charge is 2.13. The van der Waals surface area contributed by atoms with Crippen molar-refractivity contribution >= 4 is 39.3 Å². The maximum Gasteiger partial charge on any atom is 0.224 e. The van der Waals surface area contributed by atoms with E-state index in [-0.39, 0.29) is 16.7 Å². The average molecular weight is 336 g/mol. The van der Waals surface area contributed by atoms with E-state index in [2.05, 4.69) is 36.5 Å². The summed E-state index contributed by atoms with van der Waals surface area (Å²) in [5.74, 6) is 0.574. The summed E-state index contributed by atoms with van der Waals surface area (Å²) >= 11 is 8.98. The summed E-state index contributed by atoms with van der Waals surface area (Å²) in [5.41, 5.74) is -0.212. The molecule has 0 saturated heterocycles. The van der Waals surface area contributed by atoms with Crippen LogP contribution in [0.1, 0.15) is 27.2 Å². The van der Waals surface area contributed by atoms with Gasteiger partial charge in [-0.2, -0.15) is 4.98 Å². The lowest BCUT2D eigenvalue weighted by Crippen LogP contribution is -2.41. The van der Waals surface area contributed by atoms with Gasteiger partial charge in [0.1, 0.15) is 5.82 Å². The van der Waals surface area contributed by atoms with Crippen LogP contribution in [0.3, 0.4) is 0 Å². The molecule has 0 fully saturated rings. The molecule has 0 spiro atoms. The summed E-state index contributed by atoms with van der Waals surface area (Å²) < 4.78 is 0.711. The van der Waals surface area contributed by atoms with Crippen molar-refractivity contribution in [2.24, 2.45) is 0 Å². The van der Waals surface area contributed by atoms with Crippen LogP contribution in [-0.4, -0.2) is 28.0 Å². The van der Waals surface area contributed by atoms with Crippen molar-refractivity contribution in [3.05, 3.63) is 16.0 Å². The topological polar surface area (TPSA) is 66.9 Å². The molecule has 0 aliphatic rings. The number of rotatable bonds is 4. The van der Waals surface area contributed by atoms with Crippen molar-refractivity contribution in [1.82, 2.24) is 15.3 Å². The van der Waals surface area contributed by atoms with Gasteiger partial charge in [0.15, 0.2) is 0 Å². The van der Waals surface area contributed by atoms with E-state index in [1.54, 1.807) is 6.20 Å². The minimum atomic E-state index is -0.212. The maximum absolute atomic E-state index is 11.6. The highest BCUT2D eigenvalue weighted by atomic mass is 79.9. The summed E-state index contributed by atoms with van der Waals surface area (Å²) in [4.78, 5) is 19.4. The number of carbonyl (C=O) groups excluding carboxylic acids is 1. The number of aromatic nitrogens is 2. The molecule has 1 amide bonds. The van der Waals surface area contributed by atoms with E-state index in [9.17, 15) is 4.79 Å². The van der Waals surface area contributed by atoms with E-state index in [4.69, 9.17) is 11.6 Å². The number of hydrogen-bond acceptors (Lipinski definition) is 4. The van der Waals surface area contributed by atoms with Crippen molar-refractivity contribution in [1.29, 1.82) is 0 Å². The Morgan fingerprint density at radius 1 is 1.50 bits per heavy atom. The highest BCUT2D eigenvalue weighted by Crippen LogP contribution is 2.19. The van der Waals surface area contributed by atoms with Crippen molar-refractivity contribution in [2.45, 2.75) is 32.7 Å². The Morgan fingerprint density at radius 3 is 2.78 bits per heavy atom. The molecule has 5 nitrogen and oxygen atoms in total. The number of anilines is 1. The minimum absolute atomic E-state index is 0.00808. The monoisotopic (exact) mass is 334 g/mol. The van der Waals surface area contributed by atoms with Gasteiger partial charge in [-0.1, -0.05) is 0 Å². The van der Waals surface area contributed by atoms with Crippen LogP contribution in [0.2, 0.25) is 5.28 Å². The van der Waals surface area contributed by atoms with Gasteiger partial charge in [0, 0.05) is 24.7 Å². The number of halogens is 2. The van der Waals surface area contributed by atoms with Crippen LogP contribution < -0.4 is 10.6 Å². The molecule has 1 aromatic heterocycles. The van der Waals surface area contributed by atoms with Crippen LogP contribution in [0.5, 0.6) is 0 Å². The third kappa shape index (κ3) is 5.64. The number of carbonyl (C=O) groups is 1. The Balaban J connectivity index is 2.42. The van der Waals surface area contributed by atoms with Crippen molar-refractivity contribution in [3.8, 4) is 0 Å². The minimum Gasteiger partial charge on any atom is -0.368 e. The van der Waals surface area contributed by atoms with Gasteiger partial charge < -0.3 is 10.6 Å². The smallest absolute Gasteiger partial charge is 0.224 e. The molecule has 0 aromatic carbocycles. The van der Waals surface area contributed by atoms with Crippen LogP contribution >= 0.6 is 27.5 Å². The van der Waals surface area contributed by atoms with E-state index < -0.39 is 0 Å². The Hall–Kier alpha value is -0.880. The lowest BCUT2D eigenvalue weighted by atomic mass is 10.1. The third-order valence-electron chi connectivity index (χ3n) is 1.87. The first-order chi connectivity index (χ1) is 8.28. The lowest BCUT2D eigenvalue weighted by molar-refractivity contribution is -0.122. The van der Waals surface area contributed by atoms with Gasteiger partial charge in [-0.3, -0.25) is 4.79 Å². The fourth-order valence-corrected chi connectivity index (χ4v) is 1.71. The summed E-state index contributed by atoms with van der Waals surface area (Å²) in [6.07, 6.45) is 1.93. The van der Waals surface area contributed by atoms with Gasteiger partial charge >= 0.3 is 0 Å². The van der Waals surface area contributed by atoms with Gasteiger partial charge in [-0.05, 0) is 48.3 Å². The van der Waals surface area contributed by atoms with Crippen LogP contribution in [-0.2, 0) is 4.79 Å². The van der Waals surface area contributed by atoms with Crippen molar-refractivity contribution < 1.29 is 4.79 Å². The zero-order valence-electron chi connectivity index (χ0n) is 10.6. The first-order valence-electron chi connectivity index (χ1n) is 5.51. The Morgan fingerprint density at radius 2 is 2.17 bits per heavy atom. The van der Waals surface area contributed by atoms with Crippen LogP contribution in [0.15, 0.2) is 10.7 Å². The highest BCUT2D eigenvalue weighted by molar-refractivity contribution is 9.10. The molecular weight excluding hydrogens is 320 g/mol. The van der Waals surface area contributed by atoms with Gasteiger partial charge in [-0.25, -0.2) is 4.98 Å². The molecule has 18 heavy (non-hydrogen) atoms. The Labute approximate surface area is 120 Å². The Kier molecular flexibility index (Phi) is 5.34. The molecule has 1 rings (SSSR count). The molecule has 7 heteroatoms. The van der Waals surface area contributed by atoms with E-state index >= 15 is 0 Å². The summed E-state index contributed by atoms with van der Waals surface area (Å²) in [7, 11) is 0. The SMILES string of the molecule is CC(C)(C)NC(=O)CCNc1nc(Cl)ncc1Br. The summed E-state index contributed by atoms with van der Waals surface area (Å²) in [6, 6.07) is 0. The summed E-state index contributed by atoms with van der Waals surface area (Å²) in [5, 5.41) is 6.08. The lowest BCUT2D eigenvalue weighted by Gasteiger charge is -2.20. The first kappa shape index (κ1) is 15.2. The second-order valence-corrected chi connectivity index (χ2v) is 6.00. The predicted octanol–water partition coefficient (Wildman–Crippen LogP) is 2.61. The van der Waals surface area contributed by atoms with Crippen molar-refractivity contribution in [3.63, 3.8) is 0 Å². The molecule has 100 valence electrons. The molecular formula is C11H16BrClN4O. The predicted molar refractivity (Wildman–Crippen MR) is 75.7 cm³/mol. The van der Waals surface area contributed by atoms with Crippen LogP contribution in [0.25, 0.3) is 0 Å². The molecule has 2 N–H and O–H groups in total. The fraction of sp³-hybridized carbons (Fsp3) is 0.545. The molecule has 0 bridgehead atoms. The standard InChI is InChI=1S/C11H16BrClN4O/c1-11(2,3)17-8(18)4-5-14-9-7(12)6-15-10(13)16-9/h6H,4-5H2,1-3H3,(H,17,18)(H,14,15,16). The van der Waals surface area contributed by atoms with E-state index in [0.29, 0.717) is 23.3 Å². The molecule has 0 radical (unpaired) electrons. The van der Waals surface area contributed by atoms with Crippen LogP contribution in [0, 0.1) is 0 Å². The normalized spacial score (nSPS) is 11.2. The first-order valence-corrected chi connectivity index (χ1v) is 6.68. The molecule has 0 aliphatic heterocycles. The largest absolute Gasteiger partial charge is 0.368 e. The van der Waals surface area contributed by atoms with E-state index in [1.807, 2.05) is 20.8 Å². The molecule has 0 aliphatic carbocycles. The number of nitrogens with one attached hydrogen (secondary N) is 2. The molecule has 1 heterocycles. The van der Waals surface area contributed by atoms with E-state index in [0.717, 1.165) is 0 Å². The molecule has 0 saturated carbocycles. The maximum atomic E-state index is 11.6. The number of hydrogen-bond donors (Lipinski definition) is 2. The van der Waals surface area contributed by atoms with Gasteiger partial charge in [0.2, 0.25) is 11.2 Å². The zero-order chi connectivity index (χ0) is 13.8. The second-order valence-electron chi connectivity index (χ2n) is 4.81. The zero-order valence-corrected chi connectivity index (χ0v) is 12.9. The van der Waals surface area contributed by atoms with Crippen LogP contribution in [0.4, 0.5) is 5.82 Å². The average Bonchev–Trinajstić information content (AvgIpc) is 2.20. The van der Waals surface area contributed by atoms with Crippen molar-refractivity contribution in [2.75, 3.05) is 11.9 Å². The molecule has 0 unspecified atom stereocenters. The van der Waals surface area contributed by atoms with E-state index in [1.165, 1.54) is 0 Å².